The van der Waals surface area contributed by atoms with Gasteiger partial charge < -0.3 is 10.1 Å². The number of anilines is 1. The quantitative estimate of drug-likeness (QED) is 0.837. The summed E-state index contributed by atoms with van der Waals surface area (Å²) in [4.78, 5) is 4.21. The topological polar surface area (TPSA) is 34.1 Å². The lowest BCUT2D eigenvalue weighted by molar-refractivity contribution is 0.340. The van der Waals surface area contributed by atoms with E-state index in [0.717, 1.165) is 23.7 Å². The smallest absolute Gasteiger partial charge is 0.129 e. The number of pyridine rings is 1. The Balaban J connectivity index is 2.03. The Morgan fingerprint density at radius 2 is 2.11 bits per heavy atom. The lowest BCUT2D eigenvalue weighted by atomic mass is 10.2. The maximum Gasteiger partial charge on any atom is 0.129 e. The van der Waals surface area contributed by atoms with E-state index in [1.165, 1.54) is 5.56 Å². The van der Waals surface area contributed by atoms with Crippen LogP contribution >= 0.6 is 11.6 Å². The number of aryl methyl sites for hydroxylation is 1. The second kappa shape index (κ2) is 6.43. The molecular formula is C15H17ClN2O. The Hall–Kier alpha value is -1.74. The van der Waals surface area contributed by atoms with Crippen molar-refractivity contribution in [1.82, 2.24) is 4.98 Å². The van der Waals surface area contributed by atoms with Crippen molar-refractivity contribution in [2.24, 2.45) is 0 Å². The molecule has 1 heterocycles. The van der Waals surface area contributed by atoms with Gasteiger partial charge in [-0.05, 0) is 43.7 Å². The van der Waals surface area contributed by atoms with Crippen molar-refractivity contribution in [3.63, 3.8) is 0 Å². The number of benzene rings is 1. The van der Waals surface area contributed by atoms with E-state index in [9.17, 15) is 0 Å². The minimum Gasteiger partial charge on any atom is -0.494 e. The molecule has 0 radical (unpaired) electrons. The van der Waals surface area contributed by atoms with Crippen molar-refractivity contribution < 1.29 is 4.74 Å². The van der Waals surface area contributed by atoms with Crippen LogP contribution in [0.3, 0.4) is 0 Å². The van der Waals surface area contributed by atoms with E-state index in [0.29, 0.717) is 11.8 Å². The van der Waals surface area contributed by atoms with Gasteiger partial charge in [0.05, 0.1) is 18.0 Å². The van der Waals surface area contributed by atoms with Crippen LogP contribution in [0.25, 0.3) is 0 Å². The molecule has 100 valence electrons. The van der Waals surface area contributed by atoms with Gasteiger partial charge in [-0.15, -0.1) is 0 Å². The molecule has 0 aliphatic heterocycles. The van der Waals surface area contributed by atoms with Gasteiger partial charge in [0.2, 0.25) is 0 Å². The van der Waals surface area contributed by atoms with E-state index >= 15 is 0 Å². The molecule has 1 aromatic heterocycles. The summed E-state index contributed by atoms with van der Waals surface area (Å²) < 4.78 is 5.48. The van der Waals surface area contributed by atoms with Crippen molar-refractivity contribution in [2.45, 2.75) is 20.4 Å². The molecule has 0 spiro atoms. The molecule has 2 aromatic rings. The van der Waals surface area contributed by atoms with Crippen molar-refractivity contribution in [1.29, 1.82) is 0 Å². The third-order valence-corrected chi connectivity index (χ3v) is 2.95. The van der Waals surface area contributed by atoms with E-state index in [1.807, 2.05) is 38.1 Å². The lowest BCUT2D eigenvalue weighted by Crippen LogP contribution is -2.02. The molecule has 3 nitrogen and oxygen atoms in total. The third-order valence-electron chi connectivity index (χ3n) is 2.74. The maximum atomic E-state index is 5.83. The molecule has 0 amide bonds. The van der Waals surface area contributed by atoms with Gasteiger partial charge in [-0.1, -0.05) is 23.7 Å². The number of ether oxygens (including phenoxy) is 1. The molecule has 0 aliphatic rings. The number of nitrogens with zero attached hydrogens (tertiary/aromatic N) is 1. The normalized spacial score (nSPS) is 10.3. The monoisotopic (exact) mass is 276 g/mol. The molecule has 0 saturated carbocycles. The Labute approximate surface area is 118 Å². The second-order valence-corrected chi connectivity index (χ2v) is 4.59. The predicted octanol–water partition coefficient (Wildman–Crippen LogP) is 4.05. The molecule has 0 atom stereocenters. The first-order valence-corrected chi connectivity index (χ1v) is 6.65. The zero-order chi connectivity index (χ0) is 13.7. The highest BCUT2D eigenvalue weighted by atomic mass is 35.5. The Morgan fingerprint density at radius 1 is 1.26 bits per heavy atom. The summed E-state index contributed by atoms with van der Waals surface area (Å²) in [5, 5.41) is 3.86. The summed E-state index contributed by atoms with van der Waals surface area (Å²) in [5.74, 6) is 0.896. The average molecular weight is 277 g/mol. The zero-order valence-electron chi connectivity index (χ0n) is 11.1. The minimum absolute atomic E-state index is 0.515. The van der Waals surface area contributed by atoms with Gasteiger partial charge in [-0.3, -0.25) is 0 Å². The molecule has 0 bridgehead atoms. The second-order valence-electron chi connectivity index (χ2n) is 4.20. The van der Waals surface area contributed by atoms with Crippen molar-refractivity contribution in [2.75, 3.05) is 11.9 Å². The summed E-state index contributed by atoms with van der Waals surface area (Å²) in [6.45, 7) is 5.32. The van der Waals surface area contributed by atoms with Crippen LogP contribution in [0.1, 0.15) is 18.2 Å². The molecule has 0 fully saturated rings. The van der Waals surface area contributed by atoms with Crippen molar-refractivity contribution in [3.8, 4) is 5.75 Å². The van der Waals surface area contributed by atoms with Gasteiger partial charge in [0.25, 0.3) is 0 Å². The van der Waals surface area contributed by atoms with E-state index in [4.69, 9.17) is 16.3 Å². The first-order chi connectivity index (χ1) is 9.19. The fourth-order valence-corrected chi connectivity index (χ4v) is 2.02. The fourth-order valence-electron chi connectivity index (χ4n) is 1.83. The average Bonchev–Trinajstić information content (AvgIpc) is 2.38. The molecule has 4 heteroatoms. The number of rotatable bonds is 5. The fraction of sp³-hybridized carbons (Fsp3) is 0.267. The van der Waals surface area contributed by atoms with Crippen LogP contribution < -0.4 is 10.1 Å². The summed E-state index contributed by atoms with van der Waals surface area (Å²) >= 11 is 5.83. The molecular weight excluding hydrogens is 260 g/mol. The van der Waals surface area contributed by atoms with Crippen molar-refractivity contribution in [3.05, 3.63) is 52.8 Å². The molecule has 1 N–H and O–H groups in total. The van der Waals surface area contributed by atoms with Crippen LogP contribution in [0.4, 0.5) is 5.69 Å². The minimum atomic E-state index is 0.515. The summed E-state index contributed by atoms with van der Waals surface area (Å²) in [6, 6.07) is 11.8. The van der Waals surface area contributed by atoms with Crippen LogP contribution in [0, 0.1) is 6.92 Å². The first kappa shape index (κ1) is 13.7. The molecule has 0 saturated heterocycles. The van der Waals surface area contributed by atoms with Gasteiger partial charge in [-0.25, -0.2) is 4.98 Å². The van der Waals surface area contributed by atoms with E-state index in [2.05, 4.69) is 16.4 Å². The molecule has 0 unspecified atom stereocenters. The van der Waals surface area contributed by atoms with Crippen LogP contribution in [-0.2, 0) is 6.54 Å². The van der Waals surface area contributed by atoms with Gasteiger partial charge in [0.15, 0.2) is 0 Å². The van der Waals surface area contributed by atoms with Gasteiger partial charge in [-0.2, -0.15) is 0 Å². The number of hydrogen-bond acceptors (Lipinski definition) is 3. The van der Waals surface area contributed by atoms with Gasteiger partial charge in [0, 0.05) is 6.54 Å². The SMILES string of the molecule is CCOc1cccc(CNc2ccc(Cl)nc2C)c1. The van der Waals surface area contributed by atoms with Gasteiger partial charge >= 0.3 is 0 Å². The van der Waals surface area contributed by atoms with Crippen LogP contribution in [0.5, 0.6) is 5.75 Å². The Bertz CT molecular complexity index is 558. The van der Waals surface area contributed by atoms with Crippen LogP contribution in [0.15, 0.2) is 36.4 Å². The first-order valence-electron chi connectivity index (χ1n) is 6.28. The summed E-state index contributed by atoms with van der Waals surface area (Å²) in [5.41, 5.74) is 3.06. The number of aromatic nitrogens is 1. The third kappa shape index (κ3) is 3.86. The Kier molecular flexibility index (Phi) is 4.63. The zero-order valence-corrected chi connectivity index (χ0v) is 11.9. The highest BCUT2D eigenvalue weighted by Crippen LogP contribution is 2.18. The van der Waals surface area contributed by atoms with E-state index in [-0.39, 0.29) is 0 Å². The molecule has 2 rings (SSSR count). The maximum absolute atomic E-state index is 5.83. The molecule has 19 heavy (non-hydrogen) atoms. The van der Waals surface area contributed by atoms with Crippen LogP contribution in [-0.4, -0.2) is 11.6 Å². The van der Waals surface area contributed by atoms with Crippen LogP contribution in [0.2, 0.25) is 5.15 Å². The molecule has 0 aliphatic carbocycles. The van der Waals surface area contributed by atoms with Gasteiger partial charge in [0.1, 0.15) is 10.9 Å². The number of halogens is 1. The summed E-state index contributed by atoms with van der Waals surface area (Å²) in [7, 11) is 0. The molecule has 1 aromatic carbocycles. The number of hydrogen-bond donors (Lipinski definition) is 1. The predicted molar refractivity (Wildman–Crippen MR) is 78.9 cm³/mol. The highest BCUT2D eigenvalue weighted by molar-refractivity contribution is 6.29. The largest absolute Gasteiger partial charge is 0.494 e. The lowest BCUT2D eigenvalue weighted by Gasteiger charge is -2.10. The summed E-state index contributed by atoms with van der Waals surface area (Å²) in [6.07, 6.45) is 0. The van der Waals surface area contributed by atoms with Crippen molar-refractivity contribution >= 4 is 17.3 Å². The standard InChI is InChI=1S/C15H17ClN2O/c1-3-19-13-6-4-5-12(9-13)10-17-14-7-8-15(16)18-11(14)2/h4-9,17H,3,10H2,1-2H3. The number of nitrogens with one attached hydrogen (secondary N) is 1. The highest BCUT2D eigenvalue weighted by Gasteiger charge is 2.01. The van der Waals surface area contributed by atoms with E-state index in [1.54, 1.807) is 6.07 Å². The van der Waals surface area contributed by atoms with E-state index < -0.39 is 0 Å². The Morgan fingerprint density at radius 3 is 2.84 bits per heavy atom.